The Kier molecular flexibility index (Phi) is 5.46. The van der Waals surface area contributed by atoms with Crippen molar-refractivity contribution >= 4 is 0 Å². The second-order valence-corrected chi connectivity index (χ2v) is 7.52. The van der Waals surface area contributed by atoms with Crippen LogP contribution >= 0.6 is 0 Å². The highest BCUT2D eigenvalue weighted by Gasteiger charge is 2.32. The van der Waals surface area contributed by atoms with Crippen LogP contribution in [0.4, 0.5) is 0 Å². The van der Waals surface area contributed by atoms with Gasteiger partial charge >= 0.3 is 0 Å². The molecule has 1 nitrogen and oxygen atoms in total. The lowest BCUT2D eigenvalue weighted by atomic mass is 9.67. The molecule has 0 aromatic heterocycles. The predicted octanol–water partition coefficient (Wildman–Crippen LogP) is 5.67. The fourth-order valence-electron chi connectivity index (χ4n) is 4.01. The first-order valence-corrected chi connectivity index (χ1v) is 8.59. The molecule has 0 aliphatic heterocycles. The number of nitrogens with zero attached hydrogens (tertiary/aromatic N) is 1. The second kappa shape index (κ2) is 7.14. The molecule has 118 valence electrons. The van der Waals surface area contributed by atoms with Crippen LogP contribution < -0.4 is 0 Å². The highest BCUT2D eigenvalue weighted by Crippen LogP contribution is 2.42. The molecule has 1 aliphatic rings. The lowest BCUT2D eigenvalue weighted by Gasteiger charge is -2.38. The summed E-state index contributed by atoms with van der Waals surface area (Å²) in [5.74, 6) is 2.98. The van der Waals surface area contributed by atoms with Crippen molar-refractivity contribution in [2.24, 2.45) is 23.7 Å². The van der Waals surface area contributed by atoms with Gasteiger partial charge < -0.3 is 0 Å². The average Bonchev–Trinajstić information content (AvgIpc) is 2.48. The van der Waals surface area contributed by atoms with Crippen LogP contribution in [-0.2, 0) is 6.42 Å². The van der Waals surface area contributed by atoms with Crippen molar-refractivity contribution in [3.63, 3.8) is 0 Å². The van der Waals surface area contributed by atoms with E-state index in [1.54, 1.807) is 0 Å². The van der Waals surface area contributed by atoms with E-state index in [4.69, 9.17) is 5.26 Å². The number of hydrogen-bond acceptors (Lipinski definition) is 1. The molecule has 1 heteroatoms. The number of aryl methyl sites for hydroxylation is 1. The summed E-state index contributed by atoms with van der Waals surface area (Å²) in [6.45, 7) is 13.7. The van der Waals surface area contributed by atoms with Gasteiger partial charge in [-0.1, -0.05) is 45.4 Å². The van der Waals surface area contributed by atoms with E-state index in [0.717, 1.165) is 29.7 Å². The molecule has 0 spiro atoms. The zero-order chi connectivity index (χ0) is 16.3. The molecule has 1 aromatic carbocycles. The lowest BCUT2D eigenvalue weighted by Crippen LogP contribution is -2.29. The van der Waals surface area contributed by atoms with E-state index in [9.17, 15) is 0 Å². The van der Waals surface area contributed by atoms with Crippen molar-refractivity contribution in [3.8, 4) is 6.07 Å². The molecule has 0 heterocycles. The van der Waals surface area contributed by atoms with Crippen LogP contribution in [0.5, 0.6) is 0 Å². The van der Waals surface area contributed by atoms with Crippen molar-refractivity contribution in [3.05, 3.63) is 47.0 Å². The van der Waals surface area contributed by atoms with E-state index in [-0.39, 0.29) is 0 Å². The van der Waals surface area contributed by atoms with Gasteiger partial charge in [0.15, 0.2) is 0 Å². The zero-order valence-corrected chi connectivity index (χ0v) is 14.5. The topological polar surface area (TPSA) is 23.8 Å². The molecule has 2 rings (SSSR count). The van der Waals surface area contributed by atoms with Gasteiger partial charge in [-0.25, -0.2) is 0 Å². The van der Waals surface area contributed by atoms with Gasteiger partial charge in [0.1, 0.15) is 0 Å². The quantitative estimate of drug-likeness (QED) is 0.656. The van der Waals surface area contributed by atoms with Crippen molar-refractivity contribution in [2.45, 2.75) is 53.4 Å². The monoisotopic (exact) mass is 295 g/mol. The fraction of sp³-hybridized carbons (Fsp3) is 0.571. The molecule has 0 radical (unpaired) electrons. The molecular weight excluding hydrogens is 266 g/mol. The summed E-state index contributed by atoms with van der Waals surface area (Å²) in [7, 11) is 0. The number of allylic oxidation sites excluding steroid dienone is 1. The molecule has 3 atom stereocenters. The maximum Gasteiger partial charge on any atom is 0.0991 e. The normalized spacial score (nSPS) is 25.0. The third-order valence-corrected chi connectivity index (χ3v) is 5.44. The minimum absolute atomic E-state index is 0.652. The highest BCUT2D eigenvalue weighted by molar-refractivity contribution is 5.39. The Morgan fingerprint density at radius 2 is 2.09 bits per heavy atom. The van der Waals surface area contributed by atoms with Crippen molar-refractivity contribution < 1.29 is 0 Å². The van der Waals surface area contributed by atoms with Gasteiger partial charge in [-0.05, 0) is 73.1 Å². The van der Waals surface area contributed by atoms with Gasteiger partial charge in [-0.15, -0.1) is 0 Å². The third-order valence-electron chi connectivity index (χ3n) is 5.44. The molecule has 1 fully saturated rings. The van der Waals surface area contributed by atoms with E-state index in [0.29, 0.717) is 5.92 Å². The summed E-state index contributed by atoms with van der Waals surface area (Å²) >= 11 is 0. The first kappa shape index (κ1) is 16.8. The Morgan fingerprint density at radius 1 is 1.36 bits per heavy atom. The maximum atomic E-state index is 9.00. The van der Waals surface area contributed by atoms with Crippen molar-refractivity contribution in [1.82, 2.24) is 0 Å². The minimum Gasteiger partial charge on any atom is -0.192 e. The van der Waals surface area contributed by atoms with E-state index < -0.39 is 0 Å². The minimum atomic E-state index is 0.652. The molecule has 0 N–H and O–H groups in total. The van der Waals surface area contributed by atoms with Crippen LogP contribution in [0, 0.1) is 41.9 Å². The summed E-state index contributed by atoms with van der Waals surface area (Å²) in [6.07, 6.45) is 4.95. The van der Waals surface area contributed by atoms with Gasteiger partial charge in [0.05, 0.1) is 11.6 Å². The Balaban J connectivity index is 2.14. The molecule has 1 aliphatic carbocycles. The zero-order valence-electron chi connectivity index (χ0n) is 14.5. The van der Waals surface area contributed by atoms with Crippen LogP contribution in [0.25, 0.3) is 0 Å². The molecule has 1 saturated carbocycles. The SMILES string of the molecule is C=C(Cc1ccc(C#N)cc1C)C1CC(C)CCC1C(C)C. The molecule has 3 unspecified atom stereocenters. The Hall–Kier alpha value is -1.55. The Bertz CT molecular complexity index is 576. The van der Waals surface area contributed by atoms with Crippen LogP contribution in [-0.4, -0.2) is 0 Å². The van der Waals surface area contributed by atoms with Gasteiger partial charge in [0.25, 0.3) is 0 Å². The Morgan fingerprint density at radius 3 is 2.68 bits per heavy atom. The van der Waals surface area contributed by atoms with Gasteiger partial charge in [-0.3, -0.25) is 0 Å². The van der Waals surface area contributed by atoms with Crippen LogP contribution in [0.15, 0.2) is 30.4 Å². The lowest BCUT2D eigenvalue weighted by molar-refractivity contribution is 0.168. The predicted molar refractivity (Wildman–Crippen MR) is 93.6 cm³/mol. The molecule has 22 heavy (non-hydrogen) atoms. The molecule has 0 saturated heterocycles. The molecule has 0 bridgehead atoms. The van der Waals surface area contributed by atoms with Gasteiger partial charge in [-0.2, -0.15) is 5.26 Å². The largest absolute Gasteiger partial charge is 0.192 e. The number of nitriles is 1. The second-order valence-electron chi connectivity index (χ2n) is 7.52. The first-order valence-electron chi connectivity index (χ1n) is 8.59. The summed E-state index contributed by atoms with van der Waals surface area (Å²) in [6, 6.07) is 8.25. The standard InChI is InChI=1S/C21H29N/c1-14(2)20-9-6-15(3)10-21(20)17(5)12-19-8-7-18(13-22)11-16(19)4/h7-8,11,14-15,20-21H,5-6,9-10,12H2,1-4H3. The number of hydrogen-bond donors (Lipinski definition) is 0. The van der Waals surface area contributed by atoms with Gasteiger partial charge in [0, 0.05) is 0 Å². The van der Waals surface area contributed by atoms with Crippen LogP contribution in [0.1, 0.15) is 56.7 Å². The fourth-order valence-corrected chi connectivity index (χ4v) is 4.01. The van der Waals surface area contributed by atoms with Crippen LogP contribution in [0.3, 0.4) is 0 Å². The summed E-state index contributed by atoms with van der Waals surface area (Å²) < 4.78 is 0. The number of rotatable bonds is 4. The van der Waals surface area contributed by atoms with E-state index in [1.165, 1.54) is 36.0 Å². The van der Waals surface area contributed by atoms with E-state index in [1.807, 2.05) is 12.1 Å². The number of benzene rings is 1. The van der Waals surface area contributed by atoms with E-state index in [2.05, 4.69) is 46.4 Å². The summed E-state index contributed by atoms with van der Waals surface area (Å²) in [4.78, 5) is 0. The highest BCUT2D eigenvalue weighted by atomic mass is 14.4. The summed E-state index contributed by atoms with van der Waals surface area (Å²) in [5.41, 5.74) is 4.67. The molecular formula is C21H29N. The molecule has 1 aromatic rings. The summed E-state index contributed by atoms with van der Waals surface area (Å²) in [5, 5.41) is 9.00. The third kappa shape index (κ3) is 3.80. The van der Waals surface area contributed by atoms with Gasteiger partial charge in [0.2, 0.25) is 0 Å². The first-order chi connectivity index (χ1) is 10.4. The maximum absolute atomic E-state index is 9.00. The Labute approximate surface area is 136 Å². The smallest absolute Gasteiger partial charge is 0.0991 e. The van der Waals surface area contributed by atoms with Crippen molar-refractivity contribution in [2.75, 3.05) is 0 Å². The van der Waals surface area contributed by atoms with E-state index >= 15 is 0 Å². The average molecular weight is 295 g/mol. The van der Waals surface area contributed by atoms with Crippen molar-refractivity contribution in [1.29, 1.82) is 5.26 Å². The van der Waals surface area contributed by atoms with Crippen LogP contribution in [0.2, 0.25) is 0 Å². The molecule has 0 amide bonds.